The first-order valence-electron chi connectivity index (χ1n) is 8.45. The number of amides is 2. The van der Waals surface area contributed by atoms with Gasteiger partial charge in [-0.25, -0.2) is 0 Å². The number of nitrogen functional groups attached to an aromatic ring is 1. The molecule has 2 heterocycles. The fraction of sp³-hybridized carbons (Fsp3) is 0.158. The normalized spacial score (nSPS) is 11.6. The van der Waals surface area contributed by atoms with Gasteiger partial charge >= 0.3 is 0 Å². The largest absolute Gasteiger partial charge is 0.395 e. The zero-order valence-electron chi connectivity index (χ0n) is 15.0. The number of benzene rings is 1. The Labute approximate surface area is 171 Å². The van der Waals surface area contributed by atoms with Crippen LogP contribution in [0, 0.1) is 0 Å². The molecule has 0 aliphatic rings. The van der Waals surface area contributed by atoms with Crippen LogP contribution in [0.5, 0.6) is 0 Å². The number of hydrogen-bond donors (Lipinski definition) is 3. The van der Waals surface area contributed by atoms with Gasteiger partial charge in [0.2, 0.25) is 0 Å². The van der Waals surface area contributed by atoms with Crippen molar-refractivity contribution in [3.63, 3.8) is 0 Å². The van der Waals surface area contributed by atoms with Crippen LogP contribution >= 0.6 is 23.1 Å². The summed E-state index contributed by atoms with van der Waals surface area (Å²) in [6.45, 7) is 2.07. The van der Waals surface area contributed by atoms with Gasteiger partial charge in [0.1, 0.15) is 4.88 Å². The standard InChI is InChI=1S/C19H18ClN5O2S/c1-11(12-6-4-8-22-9-12)24-19(27)17-15(21)16(25-28-17)18(26)23-10-13-5-2-3-7-14(13)20/h2-9,11H,10,21H2,1H3,(H,23,26)(H,24,27). The molecule has 0 saturated carbocycles. The molecule has 2 amide bonds. The molecule has 28 heavy (non-hydrogen) atoms. The molecule has 0 radical (unpaired) electrons. The van der Waals surface area contributed by atoms with Gasteiger partial charge in [-0.15, -0.1) is 0 Å². The average Bonchev–Trinajstić information content (AvgIpc) is 3.09. The lowest BCUT2D eigenvalue weighted by Crippen LogP contribution is -2.27. The van der Waals surface area contributed by atoms with Gasteiger partial charge in [0.25, 0.3) is 11.8 Å². The summed E-state index contributed by atoms with van der Waals surface area (Å²) in [5.41, 5.74) is 7.71. The van der Waals surface area contributed by atoms with Crippen molar-refractivity contribution in [2.45, 2.75) is 19.5 Å². The molecular weight excluding hydrogens is 398 g/mol. The van der Waals surface area contributed by atoms with Crippen molar-refractivity contribution < 1.29 is 9.59 Å². The van der Waals surface area contributed by atoms with Crippen LogP contribution in [0.1, 0.15) is 44.3 Å². The van der Waals surface area contributed by atoms with E-state index in [4.69, 9.17) is 17.3 Å². The summed E-state index contributed by atoms with van der Waals surface area (Å²) < 4.78 is 4.05. The topological polar surface area (TPSA) is 110 Å². The van der Waals surface area contributed by atoms with Crippen molar-refractivity contribution in [3.8, 4) is 0 Å². The number of nitrogens with two attached hydrogens (primary N) is 1. The van der Waals surface area contributed by atoms with Gasteiger partial charge in [-0.1, -0.05) is 35.9 Å². The van der Waals surface area contributed by atoms with Crippen LogP contribution in [0.3, 0.4) is 0 Å². The SMILES string of the molecule is CC(NC(=O)c1snc(C(=O)NCc2ccccc2Cl)c1N)c1cccnc1. The highest BCUT2D eigenvalue weighted by Gasteiger charge is 2.23. The Morgan fingerprint density at radius 3 is 2.71 bits per heavy atom. The predicted molar refractivity (Wildman–Crippen MR) is 109 cm³/mol. The van der Waals surface area contributed by atoms with E-state index in [1.54, 1.807) is 24.5 Å². The lowest BCUT2D eigenvalue weighted by Gasteiger charge is -2.13. The van der Waals surface area contributed by atoms with E-state index in [-0.39, 0.29) is 28.8 Å². The Morgan fingerprint density at radius 2 is 2.00 bits per heavy atom. The molecular formula is C19H18ClN5O2S. The fourth-order valence-corrected chi connectivity index (χ4v) is 3.41. The van der Waals surface area contributed by atoms with E-state index < -0.39 is 11.8 Å². The van der Waals surface area contributed by atoms with Crippen LogP contribution < -0.4 is 16.4 Å². The van der Waals surface area contributed by atoms with Crippen LogP contribution in [-0.2, 0) is 6.54 Å². The number of pyridine rings is 1. The maximum Gasteiger partial charge on any atom is 0.273 e. The first kappa shape index (κ1) is 19.8. The second-order valence-electron chi connectivity index (χ2n) is 6.03. The fourth-order valence-electron chi connectivity index (χ4n) is 2.50. The summed E-state index contributed by atoms with van der Waals surface area (Å²) in [5, 5.41) is 6.10. The average molecular weight is 416 g/mol. The summed E-state index contributed by atoms with van der Waals surface area (Å²) in [6, 6.07) is 10.6. The van der Waals surface area contributed by atoms with Gasteiger partial charge in [0.05, 0.1) is 11.7 Å². The molecule has 3 aromatic rings. The minimum atomic E-state index is -0.465. The second kappa shape index (κ2) is 8.81. The Hall–Kier alpha value is -2.97. The Morgan fingerprint density at radius 1 is 1.21 bits per heavy atom. The number of aromatic nitrogens is 2. The van der Waals surface area contributed by atoms with Crippen LogP contribution in [0.4, 0.5) is 5.69 Å². The highest BCUT2D eigenvalue weighted by molar-refractivity contribution is 7.09. The third kappa shape index (κ3) is 4.47. The summed E-state index contributed by atoms with van der Waals surface area (Å²) in [6.07, 6.45) is 3.33. The van der Waals surface area contributed by atoms with E-state index in [1.807, 2.05) is 31.2 Å². The van der Waals surface area contributed by atoms with E-state index in [0.717, 1.165) is 22.7 Å². The van der Waals surface area contributed by atoms with E-state index >= 15 is 0 Å². The van der Waals surface area contributed by atoms with Crippen molar-refractivity contribution in [2.24, 2.45) is 0 Å². The zero-order chi connectivity index (χ0) is 20.1. The first-order valence-corrected chi connectivity index (χ1v) is 9.60. The lowest BCUT2D eigenvalue weighted by molar-refractivity contribution is 0.0942. The molecule has 4 N–H and O–H groups in total. The summed E-state index contributed by atoms with van der Waals surface area (Å²) in [5.74, 6) is -0.857. The number of nitrogens with zero attached hydrogens (tertiary/aromatic N) is 2. The Balaban J connectivity index is 1.66. The third-order valence-electron chi connectivity index (χ3n) is 4.08. The monoisotopic (exact) mass is 415 g/mol. The number of rotatable bonds is 6. The number of halogens is 1. The first-order chi connectivity index (χ1) is 13.5. The summed E-state index contributed by atoms with van der Waals surface area (Å²) >= 11 is 6.97. The van der Waals surface area contributed by atoms with Gasteiger partial charge < -0.3 is 16.4 Å². The molecule has 0 aliphatic carbocycles. The quantitative estimate of drug-likeness (QED) is 0.572. The number of carbonyl (C=O) groups excluding carboxylic acids is 2. The molecule has 0 aliphatic heterocycles. The molecule has 1 atom stereocenters. The predicted octanol–water partition coefficient (Wildman–Crippen LogP) is 3.19. The molecule has 0 saturated heterocycles. The minimum absolute atomic E-state index is 0.0243. The lowest BCUT2D eigenvalue weighted by atomic mass is 10.1. The van der Waals surface area contributed by atoms with E-state index in [1.165, 1.54) is 0 Å². The van der Waals surface area contributed by atoms with E-state index in [0.29, 0.717) is 5.02 Å². The maximum atomic E-state index is 12.5. The molecule has 0 fully saturated rings. The molecule has 2 aromatic heterocycles. The Bertz CT molecular complexity index is 993. The van der Waals surface area contributed by atoms with Crippen molar-refractivity contribution in [1.29, 1.82) is 0 Å². The molecule has 7 nitrogen and oxygen atoms in total. The smallest absolute Gasteiger partial charge is 0.273 e. The van der Waals surface area contributed by atoms with Gasteiger partial charge in [0.15, 0.2) is 5.69 Å². The van der Waals surface area contributed by atoms with Crippen molar-refractivity contribution in [1.82, 2.24) is 20.0 Å². The highest BCUT2D eigenvalue weighted by atomic mass is 35.5. The third-order valence-corrected chi connectivity index (χ3v) is 5.31. The van der Waals surface area contributed by atoms with Crippen LogP contribution in [0.15, 0.2) is 48.8 Å². The highest BCUT2D eigenvalue weighted by Crippen LogP contribution is 2.23. The van der Waals surface area contributed by atoms with Crippen molar-refractivity contribution in [2.75, 3.05) is 5.73 Å². The minimum Gasteiger partial charge on any atom is -0.395 e. The van der Waals surface area contributed by atoms with Crippen molar-refractivity contribution in [3.05, 3.63) is 75.5 Å². The maximum absolute atomic E-state index is 12.5. The molecule has 144 valence electrons. The van der Waals surface area contributed by atoms with Gasteiger partial charge in [-0.05, 0) is 41.7 Å². The van der Waals surface area contributed by atoms with Gasteiger partial charge in [0, 0.05) is 24.0 Å². The Kier molecular flexibility index (Phi) is 6.23. The van der Waals surface area contributed by atoms with E-state index in [9.17, 15) is 9.59 Å². The zero-order valence-corrected chi connectivity index (χ0v) is 16.6. The van der Waals surface area contributed by atoms with Gasteiger partial charge in [-0.2, -0.15) is 4.37 Å². The second-order valence-corrected chi connectivity index (χ2v) is 7.21. The molecule has 0 spiro atoms. The summed E-state index contributed by atoms with van der Waals surface area (Å²) in [7, 11) is 0. The van der Waals surface area contributed by atoms with Crippen molar-refractivity contribution >= 4 is 40.6 Å². The summed E-state index contributed by atoms with van der Waals surface area (Å²) in [4.78, 5) is 29.1. The molecule has 9 heteroatoms. The van der Waals surface area contributed by atoms with Gasteiger partial charge in [-0.3, -0.25) is 14.6 Å². The number of nitrogens with one attached hydrogen (secondary N) is 2. The molecule has 3 rings (SSSR count). The van der Waals surface area contributed by atoms with Crippen LogP contribution in [0.2, 0.25) is 5.02 Å². The van der Waals surface area contributed by atoms with E-state index in [2.05, 4.69) is 20.0 Å². The molecule has 1 aromatic carbocycles. The number of anilines is 1. The molecule has 1 unspecified atom stereocenters. The number of carbonyl (C=O) groups is 2. The number of hydrogen-bond acceptors (Lipinski definition) is 6. The van der Waals surface area contributed by atoms with Crippen LogP contribution in [0.25, 0.3) is 0 Å². The van der Waals surface area contributed by atoms with Crippen LogP contribution in [-0.4, -0.2) is 21.2 Å². The molecule has 0 bridgehead atoms.